The van der Waals surface area contributed by atoms with Crippen molar-refractivity contribution in [2.75, 3.05) is 33.7 Å². The molecule has 0 aliphatic carbocycles. The van der Waals surface area contributed by atoms with Gasteiger partial charge in [0, 0.05) is 25.6 Å². The van der Waals surface area contributed by atoms with Crippen molar-refractivity contribution in [3.63, 3.8) is 0 Å². The molecule has 2 aromatic carbocycles. The van der Waals surface area contributed by atoms with E-state index in [-0.39, 0.29) is 42.5 Å². The van der Waals surface area contributed by atoms with Crippen molar-refractivity contribution in [2.24, 2.45) is 11.3 Å². The van der Waals surface area contributed by atoms with E-state index in [0.717, 1.165) is 33.1 Å². The van der Waals surface area contributed by atoms with E-state index in [4.69, 9.17) is 0 Å². The molecule has 1 aliphatic rings. The van der Waals surface area contributed by atoms with Crippen LogP contribution in [0.5, 0.6) is 11.5 Å². The average molecular weight is 655 g/mol. The van der Waals surface area contributed by atoms with E-state index in [1.807, 2.05) is 26.8 Å². The van der Waals surface area contributed by atoms with Gasteiger partial charge in [-0.3, -0.25) is 15.0 Å². The molecule has 1 unspecified atom stereocenters. The number of nitrogens with zero attached hydrogens (tertiary/aromatic N) is 3. The first kappa shape index (κ1) is 36.1. The maximum absolute atomic E-state index is 13.9. The second-order valence-electron chi connectivity index (χ2n) is 13.1. The number of carbonyl (C=O) groups excluding carboxylic acids is 2. The molecule has 2 aromatic rings. The monoisotopic (exact) mass is 654 g/mol. The molecular weight excluding hydrogens is 610 g/mol. The first-order chi connectivity index (χ1) is 20.8. The Morgan fingerprint density at radius 1 is 1.00 bits per heavy atom. The predicted molar refractivity (Wildman–Crippen MR) is 164 cm³/mol. The quantitative estimate of drug-likeness (QED) is 0.315. The zero-order valence-electron chi connectivity index (χ0n) is 26.8. The Bertz CT molecular complexity index is 1430. The molecule has 2 atom stereocenters. The molecule has 1 aliphatic heterocycles. The number of carbonyl (C=O) groups is 2. The predicted octanol–water partition coefficient (Wildman–Crippen LogP) is 3.48. The number of alkyl halides is 2. The molecule has 3 rings (SSSR count). The summed E-state index contributed by atoms with van der Waals surface area (Å²) in [6, 6.07) is 11.1. The van der Waals surface area contributed by atoms with E-state index in [0.29, 0.717) is 0 Å². The van der Waals surface area contributed by atoms with Gasteiger partial charge in [-0.25, -0.2) is 13.4 Å². The molecule has 0 spiro atoms. The van der Waals surface area contributed by atoms with Crippen LogP contribution in [0.15, 0.2) is 53.4 Å². The van der Waals surface area contributed by atoms with Crippen molar-refractivity contribution in [3.05, 3.63) is 54.1 Å². The maximum atomic E-state index is 13.9. The molecule has 0 fully saturated rings. The summed E-state index contributed by atoms with van der Waals surface area (Å²) in [5, 5.41) is 12.9. The van der Waals surface area contributed by atoms with E-state index in [1.54, 1.807) is 57.1 Å². The lowest BCUT2D eigenvalue weighted by Gasteiger charge is -2.38. The third kappa shape index (κ3) is 10.3. The number of likely N-dealkylation sites (N-methyl/N-ethyl adjacent to an activating group) is 1. The smallest absolute Gasteiger partial charge is 0.395 e. The topological polar surface area (TPSA) is 129 Å². The van der Waals surface area contributed by atoms with Crippen LogP contribution in [0.25, 0.3) is 0 Å². The minimum Gasteiger partial charge on any atom is -0.395 e. The summed E-state index contributed by atoms with van der Waals surface area (Å²) in [6.45, 7) is 8.64. The van der Waals surface area contributed by atoms with Gasteiger partial charge in [-0.2, -0.15) is 4.31 Å². The lowest BCUT2D eigenvalue weighted by atomic mass is 9.91. The largest absolute Gasteiger partial charge is 0.586 e. The number of hydrazine groups is 1. The fourth-order valence-corrected chi connectivity index (χ4v) is 6.47. The number of aliphatic hydroxyl groups excluding tert-OH is 1. The molecule has 2 N–H and O–H groups in total. The van der Waals surface area contributed by atoms with Gasteiger partial charge in [0.1, 0.15) is 0 Å². The van der Waals surface area contributed by atoms with Crippen LogP contribution < -0.4 is 14.9 Å². The van der Waals surface area contributed by atoms with Crippen LogP contribution in [0, 0.1) is 11.3 Å². The summed E-state index contributed by atoms with van der Waals surface area (Å²) in [6.07, 6.45) is -5.29. The molecule has 11 nitrogen and oxygen atoms in total. The Hall–Kier alpha value is -3.33. The lowest BCUT2D eigenvalue weighted by molar-refractivity contribution is -0.286. The number of hydrogen-bond acceptors (Lipinski definition) is 8. The first-order valence-corrected chi connectivity index (χ1v) is 16.1. The maximum Gasteiger partial charge on any atom is 0.586 e. The van der Waals surface area contributed by atoms with Crippen molar-refractivity contribution in [1.29, 1.82) is 0 Å². The van der Waals surface area contributed by atoms with Gasteiger partial charge in [0.25, 0.3) is 5.91 Å². The summed E-state index contributed by atoms with van der Waals surface area (Å²) in [5.74, 6) is -1.88. The number of sulfonamides is 1. The summed E-state index contributed by atoms with van der Waals surface area (Å²) in [4.78, 5) is 28.0. The fraction of sp³-hybridized carbons (Fsp3) is 0.548. The van der Waals surface area contributed by atoms with Crippen LogP contribution in [-0.4, -0.2) is 91.7 Å². The van der Waals surface area contributed by atoms with E-state index in [2.05, 4.69) is 14.9 Å². The van der Waals surface area contributed by atoms with Crippen LogP contribution in [0.2, 0.25) is 0 Å². The Morgan fingerprint density at radius 3 is 2.20 bits per heavy atom. The molecule has 14 heteroatoms. The molecular formula is C31H44F2N4O7S. The van der Waals surface area contributed by atoms with E-state index in [9.17, 15) is 31.9 Å². The first-order valence-electron chi connectivity index (χ1n) is 14.7. The van der Waals surface area contributed by atoms with Crippen molar-refractivity contribution in [2.45, 2.75) is 70.8 Å². The van der Waals surface area contributed by atoms with E-state index >= 15 is 0 Å². The summed E-state index contributed by atoms with van der Waals surface area (Å²) in [5.41, 5.74) is 2.94. The SMILES string of the molecule is CC(C)CN(C[C@@H](O)C(Cc1ccccc1)N(NC(=O)CN(C)C)C(=O)CC(C)(C)C)S(=O)(=O)c1ccc2c(c1)OC(F)(F)O2. The number of halogens is 2. The number of rotatable bonds is 13. The second-order valence-corrected chi connectivity index (χ2v) is 15.0. The van der Waals surface area contributed by atoms with Gasteiger partial charge < -0.3 is 19.5 Å². The van der Waals surface area contributed by atoms with Crippen molar-refractivity contribution in [3.8, 4) is 11.5 Å². The Kier molecular flexibility index (Phi) is 11.6. The average Bonchev–Trinajstić information content (AvgIpc) is 3.22. The minimum absolute atomic E-state index is 0.0308. The highest BCUT2D eigenvalue weighted by Crippen LogP contribution is 2.42. The summed E-state index contributed by atoms with van der Waals surface area (Å²) >= 11 is 0. The molecule has 1 heterocycles. The standard InChI is InChI=1S/C31H44F2N4O7S/c1-21(2)18-36(45(41,42)23-13-14-26-27(16-23)44-31(32,33)43-26)19-25(38)24(15-22-11-9-8-10-12-22)37(29(40)17-30(3,4)5)34-28(39)20-35(6)7/h8-14,16,21,24-25,38H,15,17-20H2,1-7H3,(H,34,39)/t24?,25-/m1/s1. The van der Waals surface area contributed by atoms with Gasteiger partial charge in [-0.1, -0.05) is 65.0 Å². The number of hydrogen-bond donors (Lipinski definition) is 2. The van der Waals surface area contributed by atoms with E-state index < -0.39 is 58.0 Å². The molecule has 0 saturated carbocycles. The Balaban J connectivity index is 2.03. The highest BCUT2D eigenvalue weighted by molar-refractivity contribution is 7.89. The molecule has 45 heavy (non-hydrogen) atoms. The Morgan fingerprint density at radius 2 is 1.62 bits per heavy atom. The summed E-state index contributed by atoms with van der Waals surface area (Å²) < 4.78 is 65.0. The van der Waals surface area contributed by atoms with Crippen LogP contribution in [0.3, 0.4) is 0 Å². The Labute approximate surface area is 264 Å². The van der Waals surface area contributed by atoms with Crippen molar-refractivity contribution < 1.29 is 41.4 Å². The molecule has 0 bridgehead atoms. The number of aliphatic hydroxyl groups is 1. The van der Waals surface area contributed by atoms with Gasteiger partial charge in [-0.05, 0) is 49.5 Å². The number of amides is 2. The highest BCUT2D eigenvalue weighted by atomic mass is 32.2. The van der Waals surface area contributed by atoms with Crippen LogP contribution in [0.1, 0.15) is 46.6 Å². The number of ether oxygens (including phenoxy) is 2. The van der Waals surface area contributed by atoms with Gasteiger partial charge in [0.15, 0.2) is 11.5 Å². The number of benzene rings is 2. The minimum atomic E-state index is -4.37. The van der Waals surface area contributed by atoms with Crippen molar-refractivity contribution in [1.82, 2.24) is 19.6 Å². The van der Waals surface area contributed by atoms with Gasteiger partial charge in [0.05, 0.1) is 23.6 Å². The molecule has 250 valence electrons. The fourth-order valence-electron chi connectivity index (χ4n) is 4.83. The van der Waals surface area contributed by atoms with Crippen LogP contribution in [0.4, 0.5) is 8.78 Å². The zero-order valence-corrected chi connectivity index (χ0v) is 27.6. The normalized spacial score (nSPS) is 15.8. The number of fused-ring (bicyclic) bond motifs is 1. The van der Waals surface area contributed by atoms with Crippen molar-refractivity contribution >= 4 is 21.8 Å². The third-order valence-electron chi connectivity index (χ3n) is 6.69. The van der Waals surface area contributed by atoms with Gasteiger partial charge >= 0.3 is 6.29 Å². The van der Waals surface area contributed by atoms with Gasteiger partial charge in [-0.15, -0.1) is 8.78 Å². The highest BCUT2D eigenvalue weighted by Gasteiger charge is 2.44. The third-order valence-corrected chi connectivity index (χ3v) is 8.52. The second kappa shape index (κ2) is 14.4. The lowest BCUT2D eigenvalue weighted by Crippen LogP contribution is -2.60. The van der Waals surface area contributed by atoms with Crippen LogP contribution >= 0.6 is 0 Å². The van der Waals surface area contributed by atoms with Crippen LogP contribution in [-0.2, 0) is 26.0 Å². The summed E-state index contributed by atoms with van der Waals surface area (Å²) in [7, 11) is -0.980. The molecule has 0 aromatic heterocycles. The molecule has 2 amide bonds. The number of nitrogens with one attached hydrogen (secondary N) is 1. The molecule has 0 radical (unpaired) electrons. The van der Waals surface area contributed by atoms with E-state index in [1.165, 1.54) is 0 Å². The zero-order chi connectivity index (χ0) is 33.7. The molecule has 0 saturated heterocycles. The van der Waals surface area contributed by atoms with Gasteiger partial charge in [0.2, 0.25) is 15.9 Å².